The van der Waals surface area contributed by atoms with Gasteiger partial charge in [0.1, 0.15) is 0 Å². The van der Waals surface area contributed by atoms with Crippen LogP contribution < -0.4 is 5.73 Å². The maximum atomic E-state index is 12.7. The first-order valence-corrected chi connectivity index (χ1v) is 8.64. The number of hydrogen-bond donors (Lipinski definition) is 1. The molecule has 2 saturated heterocycles. The van der Waals surface area contributed by atoms with Crippen molar-refractivity contribution in [1.82, 2.24) is 9.80 Å². The lowest BCUT2D eigenvalue weighted by Crippen LogP contribution is -2.49. The van der Waals surface area contributed by atoms with E-state index in [1.54, 1.807) is 0 Å². The van der Waals surface area contributed by atoms with Gasteiger partial charge in [-0.05, 0) is 30.5 Å². The van der Waals surface area contributed by atoms with E-state index in [1.807, 2.05) is 34.1 Å². The molecule has 0 spiro atoms. The molecular formula is C18H26ClN3O3. The fourth-order valence-corrected chi connectivity index (χ4v) is 3.37. The number of likely N-dealkylation sites (tertiary alicyclic amines) is 1. The predicted molar refractivity (Wildman–Crippen MR) is 97.6 cm³/mol. The lowest BCUT2D eigenvalue weighted by atomic mass is 9.95. The van der Waals surface area contributed by atoms with E-state index in [0.717, 1.165) is 18.4 Å². The van der Waals surface area contributed by atoms with Crippen molar-refractivity contribution in [2.45, 2.75) is 19.4 Å². The third-order valence-corrected chi connectivity index (χ3v) is 4.82. The van der Waals surface area contributed by atoms with Crippen LogP contribution in [0.4, 0.5) is 0 Å². The van der Waals surface area contributed by atoms with Crippen LogP contribution in [-0.4, -0.2) is 61.0 Å². The van der Waals surface area contributed by atoms with Gasteiger partial charge in [-0.2, -0.15) is 0 Å². The SMILES string of the molecule is Cl.NCc1ccc(C(=O)N2CCCC(C(=O)N3CCOCC3)C2)cc1. The van der Waals surface area contributed by atoms with Crippen LogP contribution >= 0.6 is 12.4 Å². The molecule has 7 heteroatoms. The molecule has 2 aliphatic rings. The molecule has 3 rings (SSSR count). The highest BCUT2D eigenvalue weighted by molar-refractivity contribution is 5.94. The Morgan fingerprint density at radius 1 is 1.08 bits per heavy atom. The molecule has 1 atom stereocenters. The minimum atomic E-state index is -0.0934. The summed E-state index contributed by atoms with van der Waals surface area (Å²) in [5.74, 6) is 0.0662. The molecule has 1 aromatic rings. The van der Waals surface area contributed by atoms with Crippen molar-refractivity contribution in [1.29, 1.82) is 0 Å². The molecule has 1 aromatic carbocycles. The molecule has 25 heavy (non-hydrogen) atoms. The number of nitrogens with zero attached hydrogens (tertiary/aromatic N) is 2. The van der Waals surface area contributed by atoms with E-state index in [1.165, 1.54) is 0 Å². The van der Waals surface area contributed by atoms with Crippen LogP contribution in [0.2, 0.25) is 0 Å². The summed E-state index contributed by atoms with van der Waals surface area (Å²) in [6.45, 7) is 4.21. The molecule has 0 aromatic heterocycles. The highest BCUT2D eigenvalue weighted by Crippen LogP contribution is 2.21. The van der Waals surface area contributed by atoms with Gasteiger partial charge in [0.2, 0.25) is 5.91 Å². The first kappa shape index (κ1) is 19.7. The van der Waals surface area contributed by atoms with Crippen molar-refractivity contribution < 1.29 is 14.3 Å². The van der Waals surface area contributed by atoms with Crippen LogP contribution in [0, 0.1) is 5.92 Å². The summed E-state index contributed by atoms with van der Waals surface area (Å²) < 4.78 is 5.31. The van der Waals surface area contributed by atoms with E-state index in [0.29, 0.717) is 51.5 Å². The van der Waals surface area contributed by atoms with Gasteiger partial charge in [0.25, 0.3) is 5.91 Å². The summed E-state index contributed by atoms with van der Waals surface area (Å²) in [7, 11) is 0. The molecule has 2 fully saturated rings. The van der Waals surface area contributed by atoms with E-state index in [-0.39, 0.29) is 30.1 Å². The van der Waals surface area contributed by atoms with Crippen molar-refractivity contribution in [2.24, 2.45) is 11.7 Å². The molecule has 2 heterocycles. The van der Waals surface area contributed by atoms with Crippen molar-refractivity contribution in [3.8, 4) is 0 Å². The Bertz CT molecular complexity index is 588. The summed E-state index contributed by atoms with van der Waals surface area (Å²) in [5.41, 5.74) is 7.26. The molecule has 2 amide bonds. The number of ether oxygens (including phenoxy) is 1. The topological polar surface area (TPSA) is 75.9 Å². The molecule has 0 bridgehead atoms. The monoisotopic (exact) mass is 367 g/mol. The number of carbonyl (C=O) groups is 2. The van der Waals surface area contributed by atoms with Gasteiger partial charge in [-0.1, -0.05) is 12.1 Å². The molecule has 138 valence electrons. The largest absolute Gasteiger partial charge is 0.378 e. The maximum absolute atomic E-state index is 12.7. The number of benzene rings is 1. The third-order valence-electron chi connectivity index (χ3n) is 4.82. The molecule has 0 saturated carbocycles. The second kappa shape index (κ2) is 9.17. The van der Waals surface area contributed by atoms with Gasteiger partial charge in [-0.15, -0.1) is 12.4 Å². The van der Waals surface area contributed by atoms with Gasteiger partial charge in [-0.3, -0.25) is 9.59 Å². The Morgan fingerprint density at radius 2 is 1.76 bits per heavy atom. The predicted octanol–water partition coefficient (Wildman–Crippen LogP) is 1.28. The van der Waals surface area contributed by atoms with Gasteiger partial charge in [-0.25, -0.2) is 0 Å². The quantitative estimate of drug-likeness (QED) is 0.873. The number of carbonyl (C=O) groups excluding carboxylic acids is 2. The van der Waals surface area contributed by atoms with Crippen molar-refractivity contribution in [2.75, 3.05) is 39.4 Å². The van der Waals surface area contributed by atoms with E-state index in [4.69, 9.17) is 10.5 Å². The Balaban J connectivity index is 0.00000225. The minimum absolute atomic E-state index is 0. The number of morpholine rings is 1. The summed E-state index contributed by atoms with van der Waals surface area (Å²) in [6.07, 6.45) is 1.72. The average molecular weight is 368 g/mol. The standard InChI is InChI=1S/C18H25N3O3.ClH/c19-12-14-3-5-15(6-4-14)17(22)21-7-1-2-16(13-21)18(23)20-8-10-24-11-9-20;/h3-6,16H,1-2,7-13,19H2;1H. The Morgan fingerprint density at radius 3 is 2.40 bits per heavy atom. The first-order chi connectivity index (χ1) is 11.7. The average Bonchev–Trinajstić information content (AvgIpc) is 2.67. The summed E-state index contributed by atoms with van der Waals surface area (Å²) >= 11 is 0. The molecule has 0 aliphatic carbocycles. The van der Waals surface area contributed by atoms with Gasteiger partial charge in [0, 0.05) is 38.3 Å². The zero-order valence-electron chi connectivity index (χ0n) is 14.4. The molecule has 1 unspecified atom stereocenters. The first-order valence-electron chi connectivity index (χ1n) is 8.64. The smallest absolute Gasteiger partial charge is 0.253 e. The van der Waals surface area contributed by atoms with Crippen molar-refractivity contribution in [3.05, 3.63) is 35.4 Å². The lowest BCUT2D eigenvalue weighted by molar-refractivity contribution is -0.141. The van der Waals surface area contributed by atoms with Crippen molar-refractivity contribution in [3.63, 3.8) is 0 Å². The molecule has 2 N–H and O–H groups in total. The van der Waals surface area contributed by atoms with E-state index in [9.17, 15) is 9.59 Å². The second-order valence-corrected chi connectivity index (χ2v) is 6.43. The zero-order chi connectivity index (χ0) is 16.9. The van der Waals surface area contributed by atoms with Gasteiger partial charge in [0.05, 0.1) is 19.1 Å². The lowest BCUT2D eigenvalue weighted by Gasteiger charge is -2.36. The number of halogens is 1. The fraction of sp³-hybridized carbons (Fsp3) is 0.556. The van der Waals surface area contributed by atoms with Crippen LogP contribution in [-0.2, 0) is 16.1 Å². The minimum Gasteiger partial charge on any atom is -0.378 e. The van der Waals surface area contributed by atoms with E-state index in [2.05, 4.69) is 0 Å². The van der Waals surface area contributed by atoms with Crippen LogP contribution in [0.5, 0.6) is 0 Å². The molecule has 2 aliphatic heterocycles. The zero-order valence-corrected chi connectivity index (χ0v) is 15.2. The Labute approximate surface area is 154 Å². The highest BCUT2D eigenvalue weighted by atomic mass is 35.5. The van der Waals surface area contributed by atoms with E-state index >= 15 is 0 Å². The van der Waals surface area contributed by atoms with E-state index < -0.39 is 0 Å². The summed E-state index contributed by atoms with van der Waals surface area (Å²) in [6, 6.07) is 7.40. The van der Waals surface area contributed by atoms with Crippen LogP contribution in [0.15, 0.2) is 24.3 Å². The molecular weight excluding hydrogens is 342 g/mol. The van der Waals surface area contributed by atoms with Crippen LogP contribution in [0.1, 0.15) is 28.8 Å². The number of piperidine rings is 1. The van der Waals surface area contributed by atoms with Gasteiger partial charge in [0.15, 0.2) is 0 Å². The third kappa shape index (κ3) is 4.71. The maximum Gasteiger partial charge on any atom is 0.253 e. The molecule has 0 radical (unpaired) electrons. The summed E-state index contributed by atoms with van der Waals surface area (Å²) in [5, 5.41) is 0. The van der Waals surface area contributed by atoms with Crippen LogP contribution in [0.3, 0.4) is 0 Å². The Hall–Kier alpha value is -1.63. The highest BCUT2D eigenvalue weighted by Gasteiger charge is 2.32. The number of rotatable bonds is 3. The normalized spacial score (nSPS) is 20.8. The second-order valence-electron chi connectivity index (χ2n) is 6.43. The van der Waals surface area contributed by atoms with Gasteiger partial charge >= 0.3 is 0 Å². The number of hydrogen-bond acceptors (Lipinski definition) is 4. The fourth-order valence-electron chi connectivity index (χ4n) is 3.37. The van der Waals surface area contributed by atoms with Crippen LogP contribution in [0.25, 0.3) is 0 Å². The summed E-state index contributed by atoms with van der Waals surface area (Å²) in [4.78, 5) is 29.0. The van der Waals surface area contributed by atoms with Gasteiger partial charge < -0.3 is 20.3 Å². The number of nitrogens with two attached hydrogens (primary N) is 1. The number of amides is 2. The Kier molecular flexibility index (Phi) is 7.23. The van der Waals surface area contributed by atoms with Crippen molar-refractivity contribution >= 4 is 24.2 Å². The molecule has 6 nitrogen and oxygen atoms in total.